The fraction of sp³-hybridized carbons (Fsp3) is 0.667. The Morgan fingerprint density at radius 2 is 1.37 bits per heavy atom. The molecular weight excluding hydrogens is 384 g/mol. The number of hydrogen-bond acceptors (Lipinski definition) is 6. The first-order valence-corrected chi connectivity index (χ1v) is 11.4. The van der Waals surface area contributed by atoms with Crippen LogP contribution in [0.2, 0.25) is 0 Å². The molecule has 3 rings (SSSR count). The molecule has 30 heavy (non-hydrogen) atoms. The van der Waals surface area contributed by atoms with Gasteiger partial charge in [-0.2, -0.15) is 0 Å². The van der Waals surface area contributed by atoms with Crippen molar-refractivity contribution in [2.75, 3.05) is 0 Å². The molecule has 2 aliphatic heterocycles. The summed E-state index contributed by atoms with van der Waals surface area (Å²) in [7, 11) is 0. The molecule has 3 aliphatic rings. The van der Waals surface area contributed by atoms with Gasteiger partial charge in [0.05, 0.1) is 12.3 Å². The van der Waals surface area contributed by atoms with E-state index < -0.39 is 23.9 Å². The van der Waals surface area contributed by atoms with E-state index in [1.165, 1.54) is 51.4 Å². The van der Waals surface area contributed by atoms with Gasteiger partial charge >= 0.3 is 23.9 Å². The van der Waals surface area contributed by atoms with Gasteiger partial charge in [-0.15, -0.1) is 0 Å². The second-order valence-corrected chi connectivity index (χ2v) is 8.14. The van der Waals surface area contributed by atoms with Gasteiger partial charge < -0.3 is 9.47 Å². The maximum atomic E-state index is 11.2. The summed E-state index contributed by atoms with van der Waals surface area (Å²) in [4.78, 5) is 43.9. The average molecular weight is 419 g/mol. The summed E-state index contributed by atoms with van der Waals surface area (Å²) in [6.45, 7) is 2.24. The van der Waals surface area contributed by atoms with Crippen molar-refractivity contribution >= 4 is 23.9 Å². The normalized spacial score (nSPS) is 20.9. The summed E-state index contributed by atoms with van der Waals surface area (Å²) in [5, 5.41) is 0. The van der Waals surface area contributed by atoms with Gasteiger partial charge in [-0.25, -0.2) is 9.59 Å². The fourth-order valence-corrected chi connectivity index (χ4v) is 3.86. The molecule has 1 unspecified atom stereocenters. The number of rotatable bonds is 10. The second-order valence-electron chi connectivity index (χ2n) is 8.14. The van der Waals surface area contributed by atoms with Crippen LogP contribution in [0.1, 0.15) is 96.8 Å². The van der Waals surface area contributed by atoms with E-state index in [1.807, 2.05) is 12.2 Å². The molecule has 0 spiro atoms. The summed E-state index contributed by atoms with van der Waals surface area (Å²) in [6.07, 6.45) is 19.0. The van der Waals surface area contributed by atoms with Crippen molar-refractivity contribution in [2.24, 2.45) is 5.92 Å². The summed E-state index contributed by atoms with van der Waals surface area (Å²) >= 11 is 0. The van der Waals surface area contributed by atoms with Crippen molar-refractivity contribution < 1.29 is 28.7 Å². The Balaban J connectivity index is 0.000000244. The first-order valence-electron chi connectivity index (χ1n) is 11.4. The summed E-state index contributed by atoms with van der Waals surface area (Å²) in [5.41, 5.74) is 1.25. The molecule has 0 N–H and O–H groups in total. The lowest BCUT2D eigenvalue weighted by molar-refractivity contribution is -0.153. The van der Waals surface area contributed by atoms with E-state index >= 15 is 0 Å². The Kier molecular flexibility index (Phi) is 10.5. The van der Waals surface area contributed by atoms with E-state index in [4.69, 9.17) is 0 Å². The monoisotopic (exact) mass is 418 g/mol. The number of unbranched alkanes of at least 4 members (excludes halogenated alkanes) is 8. The number of esters is 4. The third kappa shape index (κ3) is 7.88. The molecule has 0 aromatic rings. The predicted octanol–water partition coefficient (Wildman–Crippen LogP) is 5.10. The minimum absolute atomic E-state index is 0.215. The predicted molar refractivity (Wildman–Crippen MR) is 112 cm³/mol. The minimum Gasteiger partial charge on any atom is -0.393 e. The number of carbonyl (C=O) groups excluding carboxylic acids is 4. The van der Waals surface area contributed by atoms with Crippen molar-refractivity contribution in [1.29, 1.82) is 0 Å². The Labute approximate surface area is 179 Å². The van der Waals surface area contributed by atoms with Gasteiger partial charge in [0.15, 0.2) is 0 Å². The molecule has 0 bridgehead atoms. The van der Waals surface area contributed by atoms with E-state index in [2.05, 4.69) is 16.4 Å². The smallest absolute Gasteiger partial charge is 0.342 e. The van der Waals surface area contributed by atoms with Crippen molar-refractivity contribution in [1.82, 2.24) is 0 Å². The van der Waals surface area contributed by atoms with Crippen molar-refractivity contribution in [3.8, 4) is 0 Å². The summed E-state index contributed by atoms with van der Waals surface area (Å²) in [5.74, 6) is -1.94. The standard InChI is InChI=1S/C16H26O3.C8H8O3/c1-2-3-4-5-6-7-8-9-10-11-12-14-13-15(17)19-16(14)18;9-7-5-3-1-2-4-6(5)8(10)11-7/h11-12,14H,2-10,13H2,1H3;1-4H2. The minimum atomic E-state index is -0.412. The zero-order chi connectivity index (χ0) is 21.8. The molecule has 0 saturated carbocycles. The quantitative estimate of drug-likeness (QED) is 0.212. The van der Waals surface area contributed by atoms with Crippen LogP contribution in [-0.4, -0.2) is 23.9 Å². The van der Waals surface area contributed by atoms with Crippen molar-refractivity contribution in [2.45, 2.75) is 96.8 Å². The summed E-state index contributed by atoms with van der Waals surface area (Å²) in [6, 6.07) is 0. The van der Waals surface area contributed by atoms with Gasteiger partial charge in [-0.05, 0) is 38.5 Å². The molecule has 1 aliphatic carbocycles. The topological polar surface area (TPSA) is 86.7 Å². The Morgan fingerprint density at radius 1 is 0.800 bits per heavy atom. The van der Waals surface area contributed by atoms with Crippen LogP contribution in [0.3, 0.4) is 0 Å². The Bertz CT molecular complexity index is 662. The van der Waals surface area contributed by atoms with Crippen molar-refractivity contribution in [3.63, 3.8) is 0 Å². The van der Waals surface area contributed by atoms with E-state index in [0.29, 0.717) is 11.1 Å². The lowest BCUT2D eigenvalue weighted by Crippen LogP contribution is -2.03. The van der Waals surface area contributed by atoms with Gasteiger partial charge in [0.1, 0.15) is 0 Å². The van der Waals surface area contributed by atoms with Crippen LogP contribution < -0.4 is 0 Å². The van der Waals surface area contributed by atoms with Crippen LogP contribution in [0, 0.1) is 5.92 Å². The molecule has 0 aromatic heterocycles. The zero-order valence-corrected chi connectivity index (χ0v) is 18.1. The fourth-order valence-electron chi connectivity index (χ4n) is 3.86. The molecule has 6 heteroatoms. The molecule has 0 aromatic carbocycles. The van der Waals surface area contributed by atoms with E-state index in [0.717, 1.165) is 32.1 Å². The number of cyclic esters (lactones) is 4. The lowest BCUT2D eigenvalue weighted by Gasteiger charge is -2.07. The van der Waals surface area contributed by atoms with Gasteiger partial charge in [-0.1, -0.05) is 64.0 Å². The third-order valence-electron chi connectivity index (χ3n) is 5.64. The lowest BCUT2D eigenvalue weighted by atomic mass is 9.93. The van der Waals surface area contributed by atoms with Crippen LogP contribution in [0.25, 0.3) is 0 Å². The number of carbonyl (C=O) groups is 4. The maximum Gasteiger partial charge on any atom is 0.342 e. The molecule has 166 valence electrons. The van der Waals surface area contributed by atoms with Gasteiger partial charge in [0.25, 0.3) is 0 Å². The highest BCUT2D eigenvalue weighted by atomic mass is 16.6. The Hall–Kier alpha value is -2.24. The summed E-state index contributed by atoms with van der Waals surface area (Å²) < 4.78 is 8.94. The average Bonchev–Trinajstić information content (AvgIpc) is 3.21. The van der Waals surface area contributed by atoms with Gasteiger partial charge in [0.2, 0.25) is 0 Å². The highest BCUT2D eigenvalue weighted by Gasteiger charge is 2.33. The highest BCUT2D eigenvalue weighted by Crippen LogP contribution is 2.30. The molecular formula is C24H34O6. The molecule has 2 heterocycles. The van der Waals surface area contributed by atoms with E-state index in [9.17, 15) is 19.2 Å². The van der Waals surface area contributed by atoms with Crippen LogP contribution in [0.4, 0.5) is 0 Å². The number of allylic oxidation sites excluding steroid dienone is 1. The molecule has 1 saturated heterocycles. The SMILES string of the molecule is CCCCCCCCCCC=CC1CC(=O)OC1=O.O=C1OC(=O)C2=C1CCCC2. The van der Waals surface area contributed by atoms with Gasteiger partial charge in [-0.3, -0.25) is 9.59 Å². The van der Waals surface area contributed by atoms with Crippen LogP contribution in [0.5, 0.6) is 0 Å². The second kappa shape index (κ2) is 13.1. The van der Waals surface area contributed by atoms with Crippen LogP contribution in [0.15, 0.2) is 23.3 Å². The molecule has 6 nitrogen and oxygen atoms in total. The van der Waals surface area contributed by atoms with Crippen molar-refractivity contribution in [3.05, 3.63) is 23.3 Å². The highest BCUT2D eigenvalue weighted by molar-refractivity contribution is 6.12. The first-order chi connectivity index (χ1) is 14.5. The third-order valence-corrected chi connectivity index (χ3v) is 5.64. The number of hydrogen-bond donors (Lipinski definition) is 0. The molecule has 1 fully saturated rings. The van der Waals surface area contributed by atoms with E-state index in [1.54, 1.807) is 0 Å². The molecule has 0 radical (unpaired) electrons. The van der Waals surface area contributed by atoms with Crippen LogP contribution in [-0.2, 0) is 28.7 Å². The van der Waals surface area contributed by atoms with Crippen LogP contribution >= 0.6 is 0 Å². The van der Waals surface area contributed by atoms with E-state index in [-0.39, 0.29) is 12.3 Å². The molecule has 1 atom stereocenters. The zero-order valence-electron chi connectivity index (χ0n) is 18.1. The maximum absolute atomic E-state index is 11.2. The van der Waals surface area contributed by atoms with Gasteiger partial charge in [0, 0.05) is 11.1 Å². The number of ether oxygens (including phenoxy) is 2. The molecule has 0 amide bonds. The first kappa shape index (κ1) is 24.0. The largest absolute Gasteiger partial charge is 0.393 e. The Morgan fingerprint density at radius 3 is 1.90 bits per heavy atom.